The third kappa shape index (κ3) is 28.2. The molecule has 7 heteroatoms. The summed E-state index contributed by atoms with van der Waals surface area (Å²) in [6.07, 6.45) is 27.2. The van der Waals surface area contributed by atoms with Crippen LogP contribution in [0.2, 0.25) is 0 Å². The molecular weight excluding hydrogens is 590 g/mol. The van der Waals surface area contributed by atoms with Crippen molar-refractivity contribution in [2.75, 3.05) is 13.2 Å². The van der Waals surface area contributed by atoms with E-state index in [9.17, 15) is 14.4 Å². The van der Waals surface area contributed by atoms with Gasteiger partial charge in [0.15, 0.2) is 0 Å². The first kappa shape index (κ1) is 42.5. The minimum absolute atomic E-state index is 0.157. The van der Waals surface area contributed by atoms with E-state index in [0.29, 0.717) is 32.4 Å². The highest BCUT2D eigenvalue weighted by Crippen LogP contribution is 2.14. The molecule has 0 aromatic heterocycles. The van der Waals surface area contributed by atoms with Gasteiger partial charge in [-0.25, -0.2) is 4.79 Å². The lowest BCUT2D eigenvalue weighted by Crippen LogP contribution is -2.25. The van der Waals surface area contributed by atoms with Crippen LogP contribution in [0, 0.1) is 0 Å². The van der Waals surface area contributed by atoms with Crippen LogP contribution in [0.15, 0.2) is 30.3 Å². The van der Waals surface area contributed by atoms with E-state index < -0.39 is 0 Å². The molecule has 0 spiro atoms. The highest BCUT2D eigenvalue weighted by Gasteiger charge is 2.15. The molecule has 0 aliphatic heterocycles. The maximum Gasteiger partial charge on any atom is 0.407 e. The summed E-state index contributed by atoms with van der Waals surface area (Å²) in [5, 5.41) is 2.82. The third-order valence-electron chi connectivity index (χ3n) is 8.71. The zero-order valence-electron chi connectivity index (χ0n) is 30.2. The molecule has 0 aliphatic rings. The molecule has 0 unspecified atom stereocenters. The molecule has 1 aromatic carbocycles. The molecule has 1 N–H and O–H groups in total. The normalized spacial score (nSPS) is 11.6. The quantitative estimate of drug-likeness (QED) is 0.0470. The Morgan fingerprint density at radius 2 is 1.04 bits per heavy atom. The Morgan fingerprint density at radius 3 is 1.55 bits per heavy atom. The lowest BCUT2D eigenvalue weighted by atomic mass is 10.0. The summed E-state index contributed by atoms with van der Waals surface area (Å²) >= 11 is 0. The summed E-state index contributed by atoms with van der Waals surface area (Å²) < 4.78 is 16.2. The molecule has 0 saturated heterocycles. The average Bonchev–Trinajstić information content (AvgIpc) is 3.08. The Kier molecular flexibility index (Phi) is 28.9. The van der Waals surface area contributed by atoms with E-state index in [1.807, 2.05) is 37.3 Å². The van der Waals surface area contributed by atoms with Crippen molar-refractivity contribution in [3.05, 3.63) is 35.9 Å². The average molecular weight is 660 g/mol. The zero-order valence-corrected chi connectivity index (χ0v) is 30.2. The number of ether oxygens (including phenoxy) is 3. The minimum Gasteiger partial charge on any atom is -0.462 e. The van der Waals surface area contributed by atoms with Crippen LogP contribution in [0.3, 0.4) is 0 Å². The number of rotatable bonds is 32. The van der Waals surface area contributed by atoms with Gasteiger partial charge in [0.1, 0.15) is 19.3 Å². The minimum atomic E-state index is -0.359. The Balaban J connectivity index is 1.87. The summed E-state index contributed by atoms with van der Waals surface area (Å²) in [6.45, 7) is 5.32. The third-order valence-corrected chi connectivity index (χ3v) is 8.71. The predicted molar refractivity (Wildman–Crippen MR) is 192 cm³/mol. The van der Waals surface area contributed by atoms with E-state index in [1.54, 1.807) is 0 Å². The van der Waals surface area contributed by atoms with E-state index in [-0.39, 0.29) is 30.7 Å². The van der Waals surface area contributed by atoms with Crippen LogP contribution in [0.5, 0.6) is 0 Å². The van der Waals surface area contributed by atoms with Gasteiger partial charge >= 0.3 is 18.0 Å². The lowest BCUT2D eigenvalue weighted by molar-refractivity contribution is -0.159. The molecule has 47 heavy (non-hydrogen) atoms. The predicted octanol–water partition coefficient (Wildman–Crippen LogP) is 11.2. The van der Waals surface area contributed by atoms with Crippen LogP contribution in [0.25, 0.3) is 0 Å². The van der Waals surface area contributed by atoms with Gasteiger partial charge in [-0.05, 0) is 31.2 Å². The fourth-order valence-electron chi connectivity index (χ4n) is 5.62. The molecule has 1 atom stereocenters. The first-order valence-electron chi connectivity index (χ1n) is 19.3. The maximum absolute atomic E-state index is 12.2. The van der Waals surface area contributed by atoms with Crippen molar-refractivity contribution in [1.29, 1.82) is 0 Å². The molecule has 0 aliphatic carbocycles. The standard InChI is InChI=1S/C40H69NO6/c1-3-5-6-7-8-9-10-11-12-14-18-21-27-32-39(43)47-37(4-2)35-45-38(42)31-26-20-17-15-13-16-19-22-28-33-41-40(44)46-34-36-29-24-23-25-30-36/h23-25,29-30,37H,3-22,26-28,31-35H2,1-2H3,(H,41,44)/t37-/m0/s1. The SMILES string of the molecule is CCCCCCCCCCCCCCCC(=O)O[C@@H](CC)COC(=O)CCCCCCCCCCCNC(=O)OCc1ccccc1. The van der Waals surface area contributed by atoms with Gasteiger partial charge in [0.2, 0.25) is 0 Å². The monoisotopic (exact) mass is 660 g/mol. The number of carbonyl (C=O) groups is 3. The second-order valence-corrected chi connectivity index (χ2v) is 13.1. The van der Waals surface area contributed by atoms with Crippen LogP contribution in [0.1, 0.15) is 180 Å². The summed E-state index contributed by atoms with van der Waals surface area (Å²) in [4.78, 5) is 36.2. The molecule has 270 valence electrons. The van der Waals surface area contributed by atoms with Crippen molar-refractivity contribution in [2.24, 2.45) is 0 Å². The summed E-state index contributed by atoms with van der Waals surface area (Å²) in [5.41, 5.74) is 0.984. The van der Waals surface area contributed by atoms with E-state index in [4.69, 9.17) is 14.2 Å². The van der Waals surface area contributed by atoms with E-state index >= 15 is 0 Å². The fraction of sp³-hybridized carbons (Fsp3) is 0.775. The number of esters is 2. The number of carbonyl (C=O) groups excluding carboxylic acids is 3. The first-order valence-corrected chi connectivity index (χ1v) is 19.3. The van der Waals surface area contributed by atoms with Crippen LogP contribution < -0.4 is 5.32 Å². The highest BCUT2D eigenvalue weighted by molar-refractivity contribution is 5.70. The van der Waals surface area contributed by atoms with Crippen LogP contribution in [-0.2, 0) is 30.4 Å². The number of benzene rings is 1. The number of alkyl carbamates (subject to hydrolysis) is 1. The Morgan fingerprint density at radius 1 is 0.574 bits per heavy atom. The molecule has 0 fully saturated rings. The fourth-order valence-corrected chi connectivity index (χ4v) is 5.62. The Bertz CT molecular complexity index is 877. The topological polar surface area (TPSA) is 90.9 Å². The number of nitrogens with one attached hydrogen (secondary N) is 1. The van der Waals surface area contributed by atoms with E-state index in [0.717, 1.165) is 56.9 Å². The van der Waals surface area contributed by atoms with Gasteiger partial charge in [0.05, 0.1) is 0 Å². The van der Waals surface area contributed by atoms with Gasteiger partial charge in [-0.1, -0.05) is 166 Å². The highest BCUT2D eigenvalue weighted by atomic mass is 16.6. The van der Waals surface area contributed by atoms with Crippen LogP contribution >= 0.6 is 0 Å². The Hall–Kier alpha value is -2.57. The van der Waals surface area contributed by atoms with Gasteiger partial charge in [-0.3, -0.25) is 9.59 Å². The van der Waals surface area contributed by atoms with Crippen LogP contribution in [-0.4, -0.2) is 37.3 Å². The first-order chi connectivity index (χ1) is 23.0. The van der Waals surface area contributed by atoms with Gasteiger partial charge in [-0.15, -0.1) is 0 Å². The molecule has 1 aromatic rings. The van der Waals surface area contributed by atoms with Gasteiger partial charge in [-0.2, -0.15) is 0 Å². The van der Waals surface area contributed by atoms with Crippen molar-refractivity contribution in [3.8, 4) is 0 Å². The zero-order chi connectivity index (χ0) is 34.0. The summed E-state index contributed by atoms with van der Waals surface area (Å²) in [7, 11) is 0. The molecule has 0 saturated carbocycles. The smallest absolute Gasteiger partial charge is 0.407 e. The van der Waals surface area contributed by atoms with Gasteiger partial charge < -0.3 is 19.5 Å². The number of hydrogen-bond donors (Lipinski definition) is 1. The van der Waals surface area contributed by atoms with Crippen molar-refractivity contribution in [3.63, 3.8) is 0 Å². The van der Waals surface area contributed by atoms with E-state index in [2.05, 4.69) is 12.2 Å². The summed E-state index contributed by atoms with van der Waals surface area (Å²) in [6, 6.07) is 9.68. The van der Waals surface area contributed by atoms with Crippen LogP contribution in [0.4, 0.5) is 4.79 Å². The molecule has 0 radical (unpaired) electrons. The van der Waals surface area contributed by atoms with Gasteiger partial charge in [0, 0.05) is 19.4 Å². The largest absolute Gasteiger partial charge is 0.462 e. The number of unbranched alkanes of at least 4 members (excludes halogenated alkanes) is 20. The van der Waals surface area contributed by atoms with Gasteiger partial charge in [0.25, 0.3) is 0 Å². The lowest BCUT2D eigenvalue weighted by Gasteiger charge is -2.16. The molecule has 0 heterocycles. The number of amides is 1. The van der Waals surface area contributed by atoms with Crippen molar-refractivity contribution in [2.45, 2.75) is 187 Å². The maximum atomic E-state index is 12.2. The van der Waals surface area contributed by atoms with E-state index in [1.165, 1.54) is 89.9 Å². The molecule has 1 rings (SSSR count). The molecule has 0 bridgehead atoms. The van der Waals surface area contributed by atoms with Crippen molar-refractivity contribution in [1.82, 2.24) is 5.32 Å². The molecule has 1 amide bonds. The van der Waals surface area contributed by atoms with Crippen molar-refractivity contribution >= 4 is 18.0 Å². The summed E-state index contributed by atoms with van der Waals surface area (Å²) in [5.74, 6) is -0.375. The molecule has 7 nitrogen and oxygen atoms in total. The molecular formula is C40H69NO6. The Labute approximate surface area is 287 Å². The second-order valence-electron chi connectivity index (χ2n) is 13.1. The second kappa shape index (κ2) is 32.0. The number of hydrogen-bond acceptors (Lipinski definition) is 6. The van der Waals surface area contributed by atoms with Crippen molar-refractivity contribution < 1.29 is 28.6 Å².